The standard InChI is InChI=1S/C29H42O3.C2H6/c1-20-21(8-5-13-26(20)30)14-15-22-10-6-18-28(2)24(16-17-25(22)28)12-4-9-23-11-7-19-29(3,32)27(23)31;1-2/h9,14-15,24-26,30,32H,1,4-8,10-13,16-19H2,2-3H3;1-2H3/b21-14-,22-15+,23-9+;. The second-order valence-electron chi connectivity index (χ2n) is 11.3. The molecule has 4 saturated carbocycles. The van der Waals surface area contributed by atoms with Gasteiger partial charge in [0.1, 0.15) is 5.60 Å². The van der Waals surface area contributed by atoms with Gasteiger partial charge in [0.05, 0.1) is 6.10 Å². The summed E-state index contributed by atoms with van der Waals surface area (Å²) in [7, 11) is 0. The third kappa shape index (κ3) is 5.68. The summed E-state index contributed by atoms with van der Waals surface area (Å²) in [6.45, 7) is 12.3. The molecule has 0 spiro atoms. The van der Waals surface area contributed by atoms with Crippen LogP contribution in [0.3, 0.4) is 0 Å². The quantitative estimate of drug-likeness (QED) is 0.423. The Balaban J connectivity index is 0.00000158. The first-order valence-corrected chi connectivity index (χ1v) is 14.0. The van der Waals surface area contributed by atoms with E-state index in [0.717, 1.165) is 56.1 Å². The van der Waals surface area contributed by atoms with Gasteiger partial charge in [-0.1, -0.05) is 51.2 Å². The zero-order valence-corrected chi connectivity index (χ0v) is 22.2. The van der Waals surface area contributed by atoms with Crippen LogP contribution in [0.25, 0.3) is 0 Å². The minimum atomic E-state index is -1.16. The molecule has 4 aliphatic rings. The van der Waals surface area contributed by atoms with Gasteiger partial charge < -0.3 is 10.2 Å². The van der Waals surface area contributed by atoms with Crippen LogP contribution in [0, 0.1) is 17.3 Å². The minimum Gasteiger partial charge on any atom is -0.388 e. The summed E-state index contributed by atoms with van der Waals surface area (Å²) in [6.07, 6.45) is 20.0. The van der Waals surface area contributed by atoms with Gasteiger partial charge >= 0.3 is 0 Å². The van der Waals surface area contributed by atoms with Crippen LogP contribution < -0.4 is 0 Å². The Bertz CT molecular complexity index is 843. The molecule has 3 nitrogen and oxygen atoms in total. The number of allylic oxidation sites excluding steroid dienone is 4. The largest absolute Gasteiger partial charge is 0.388 e. The first-order chi connectivity index (χ1) is 16.2. The summed E-state index contributed by atoms with van der Waals surface area (Å²) in [5.74, 6) is 1.31. The molecule has 34 heavy (non-hydrogen) atoms. The Hall–Kier alpha value is -1.45. The van der Waals surface area contributed by atoms with E-state index in [-0.39, 0.29) is 11.9 Å². The molecule has 0 radical (unpaired) electrons. The Morgan fingerprint density at radius 3 is 2.44 bits per heavy atom. The molecule has 0 aromatic heterocycles. The highest BCUT2D eigenvalue weighted by Crippen LogP contribution is 2.58. The van der Waals surface area contributed by atoms with Crippen molar-refractivity contribution in [3.8, 4) is 0 Å². The molecule has 0 aliphatic heterocycles. The second-order valence-corrected chi connectivity index (χ2v) is 11.3. The van der Waals surface area contributed by atoms with E-state index >= 15 is 0 Å². The van der Waals surface area contributed by atoms with E-state index in [0.29, 0.717) is 23.7 Å². The van der Waals surface area contributed by atoms with Crippen molar-refractivity contribution in [3.63, 3.8) is 0 Å². The molecule has 2 N–H and O–H groups in total. The molecule has 4 rings (SSSR count). The molecular weight excluding hydrogens is 420 g/mol. The maximum atomic E-state index is 12.5. The molecule has 0 heterocycles. The van der Waals surface area contributed by atoms with E-state index in [4.69, 9.17) is 0 Å². The summed E-state index contributed by atoms with van der Waals surface area (Å²) < 4.78 is 0. The van der Waals surface area contributed by atoms with Gasteiger partial charge in [-0.05, 0) is 124 Å². The molecule has 5 unspecified atom stereocenters. The second kappa shape index (κ2) is 11.5. The lowest BCUT2D eigenvalue weighted by atomic mass is 9.62. The number of hydrogen-bond acceptors (Lipinski definition) is 3. The third-order valence-electron chi connectivity index (χ3n) is 9.19. The Morgan fingerprint density at radius 1 is 0.971 bits per heavy atom. The maximum Gasteiger partial charge on any atom is 0.189 e. The van der Waals surface area contributed by atoms with Gasteiger partial charge in [0.15, 0.2) is 5.78 Å². The molecule has 4 fully saturated rings. The van der Waals surface area contributed by atoms with Crippen LogP contribution in [0.5, 0.6) is 0 Å². The van der Waals surface area contributed by atoms with E-state index in [1.807, 2.05) is 13.8 Å². The van der Waals surface area contributed by atoms with Crippen molar-refractivity contribution in [3.05, 3.63) is 47.1 Å². The van der Waals surface area contributed by atoms with Crippen molar-refractivity contribution in [1.82, 2.24) is 0 Å². The predicted octanol–water partition coefficient (Wildman–Crippen LogP) is 7.39. The topological polar surface area (TPSA) is 57.5 Å². The number of hydrogen-bond donors (Lipinski definition) is 2. The number of carbonyl (C=O) groups excluding carboxylic acids is 1. The minimum absolute atomic E-state index is 0.0513. The molecule has 0 aromatic carbocycles. The summed E-state index contributed by atoms with van der Waals surface area (Å²) in [6, 6.07) is 0. The number of aliphatic hydroxyl groups is 2. The van der Waals surface area contributed by atoms with Crippen LogP contribution in [0.1, 0.15) is 111 Å². The fourth-order valence-corrected chi connectivity index (χ4v) is 7.10. The van der Waals surface area contributed by atoms with Gasteiger partial charge in [0.25, 0.3) is 0 Å². The van der Waals surface area contributed by atoms with Gasteiger partial charge in [-0.15, -0.1) is 0 Å². The van der Waals surface area contributed by atoms with Crippen molar-refractivity contribution < 1.29 is 15.0 Å². The van der Waals surface area contributed by atoms with Crippen LogP contribution in [-0.2, 0) is 4.79 Å². The van der Waals surface area contributed by atoms with Crippen molar-refractivity contribution in [2.75, 3.05) is 0 Å². The van der Waals surface area contributed by atoms with Crippen molar-refractivity contribution >= 4 is 5.78 Å². The number of carbonyl (C=O) groups is 1. The molecule has 3 heteroatoms. The summed E-state index contributed by atoms with van der Waals surface area (Å²) in [5, 5.41) is 20.4. The first-order valence-electron chi connectivity index (χ1n) is 14.0. The summed E-state index contributed by atoms with van der Waals surface area (Å²) >= 11 is 0. The normalized spacial score (nSPS) is 39.8. The maximum absolute atomic E-state index is 12.5. The van der Waals surface area contributed by atoms with Crippen LogP contribution >= 0.6 is 0 Å². The smallest absolute Gasteiger partial charge is 0.189 e. The van der Waals surface area contributed by atoms with E-state index in [1.54, 1.807) is 12.5 Å². The highest BCUT2D eigenvalue weighted by atomic mass is 16.3. The Morgan fingerprint density at radius 2 is 1.68 bits per heavy atom. The fraction of sp³-hybridized carbons (Fsp3) is 0.710. The molecule has 0 amide bonds. The number of rotatable bonds is 4. The number of fused-ring (bicyclic) bond motifs is 1. The van der Waals surface area contributed by atoms with E-state index < -0.39 is 5.60 Å². The molecule has 4 aliphatic carbocycles. The average Bonchev–Trinajstić information content (AvgIpc) is 3.15. The first kappa shape index (κ1) is 27.1. The number of Topliss-reactive ketones (excluding diaryl/α,β-unsaturated/α-hetero) is 1. The lowest BCUT2D eigenvalue weighted by molar-refractivity contribution is -0.134. The van der Waals surface area contributed by atoms with Gasteiger partial charge in [0.2, 0.25) is 0 Å². The van der Waals surface area contributed by atoms with Gasteiger partial charge in [-0.3, -0.25) is 4.79 Å². The van der Waals surface area contributed by atoms with Crippen molar-refractivity contribution in [2.24, 2.45) is 17.3 Å². The number of ketones is 1. The Labute approximate surface area is 208 Å². The highest BCUT2D eigenvalue weighted by Gasteiger charge is 2.48. The molecule has 5 atom stereocenters. The SMILES string of the molecule is C=C1/C(=C\C=C2/CCCC3(C)C(CC/C=C4\CCCC(C)(O)C4=O)CCC23)CCCC1O.CC. The summed E-state index contributed by atoms with van der Waals surface area (Å²) in [5.41, 5.74) is 3.79. The van der Waals surface area contributed by atoms with Gasteiger partial charge in [-0.25, -0.2) is 0 Å². The van der Waals surface area contributed by atoms with Crippen molar-refractivity contribution in [1.29, 1.82) is 0 Å². The average molecular weight is 469 g/mol. The van der Waals surface area contributed by atoms with E-state index in [1.165, 1.54) is 37.7 Å². The lowest BCUT2D eigenvalue weighted by Crippen LogP contribution is -2.39. The van der Waals surface area contributed by atoms with Crippen molar-refractivity contribution in [2.45, 2.75) is 123 Å². The zero-order chi connectivity index (χ0) is 24.9. The van der Waals surface area contributed by atoms with Crippen LogP contribution in [0.4, 0.5) is 0 Å². The lowest BCUT2D eigenvalue weighted by Gasteiger charge is -2.42. The molecule has 0 bridgehead atoms. The van der Waals surface area contributed by atoms with Crippen LogP contribution in [0.2, 0.25) is 0 Å². The third-order valence-corrected chi connectivity index (χ3v) is 9.19. The molecule has 0 saturated heterocycles. The number of aliphatic hydroxyl groups excluding tert-OH is 1. The molecular formula is C31H48O3. The van der Waals surface area contributed by atoms with Gasteiger partial charge in [-0.2, -0.15) is 0 Å². The summed E-state index contributed by atoms with van der Waals surface area (Å²) in [4.78, 5) is 12.5. The van der Waals surface area contributed by atoms with Crippen LogP contribution in [0.15, 0.2) is 47.1 Å². The van der Waals surface area contributed by atoms with Gasteiger partial charge in [0, 0.05) is 0 Å². The highest BCUT2D eigenvalue weighted by molar-refractivity contribution is 6.02. The predicted molar refractivity (Wildman–Crippen MR) is 141 cm³/mol. The van der Waals surface area contributed by atoms with E-state index in [9.17, 15) is 15.0 Å². The molecule has 190 valence electrons. The monoisotopic (exact) mass is 468 g/mol. The molecule has 0 aromatic rings. The van der Waals surface area contributed by atoms with Crippen LogP contribution in [-0.4, -0.2) is 27.7 Å². The van der Waals surface area contributed by atoms with E-state index in [2.05, 4.69) is 31.7 Å². The fourth-order valence-electron chi connectivity index (χ4n) is 7.10. The zero-order valence-electron chi connectivity index (χ0n) is 22.2. The Kier molecular flexibility index (Phi) is 9.20.